The lowest BCUT2D eigenvalue weighted by atomic mass is 9.97. The van der Waals surface area contributed by atoms with Gasteiger partial charge in [0.25, 0.3) is 0 Å². The van der Waals surface area contributed by atoms with Crippen molar-refractivity contribution in [3.63, 3.8) is 0 Å². The van der Waals surface area contributed by atoms with Crippen LogP contribution < -0.4 is 4.74 Å². The number of ketones is 1. The fourth-order valence-corrected chi connectivity index (χ4v) is 3.02. The van der Waals surface area contributed by atoms with Crippen molar-refractivity contribution in [2.75, 3.05) is 7.11 Å². The number of rotatable bonds is 5. The van der Waals surface area contributed by atoms with Gasteiger partial charge in [0.1, 0.15) is 5.75 Å². The second-order valence-electron chi connectivity index (χ2n) is 4.78. The molecule has 0 atom stereocenters. The molecule has 23 heavy (non-hydrogen) atoms. The first-order valence-electron chi connectivity index (χ1n) is 7.63. The summed E-state index contributed by atoms with van der Waals surface area (Å²) in [5.41, 5.74) is 2.67. The van der Waals surface area contributed by atoms with Gasteiger partial charge in [-0.15, -0.1) is 0 Å². The van der Waals surface area contributed by atoms with Crippen LogP contribution in [0.2, 0.25) is 5.02 Å². The van der Waals surface area contributed by atoms with E-state index in [9.17, 15) is 4.79 Å². The van der Waals surface area contributed by atoms with E-state index in [1.807, 2.05) is 50.2 Å². The summed E-state index contributed by atoms with van der Waals surface area (Å²) in [5.74, 6) is 0.878. The molecule has 0 saturated heterocycles. The van der Waals surface area contributed by atoms with Crippen molar-refractivity contribution in [2.45, 2.75) is 33.6 Å². The smallest absolute Gasteiger partial charge is 0.160 e. The number of carbonyl (C=O) groups is 1. The zero-order chi connectivity index (χ0) is 17.4. The maximum atomic E-state index is 11.7. The van der Waals surface area contributed by atoms with Gasteiger partial charge in [0.15, 0.2) is 5.78 Å². The van der Waals surface area contributed by atoms with Crippen molar-refractivity contribution >= 4 is 33.3 Å². The zero-order valence-corrected chi connectivity index (χ0v) is 16.3. The summed E-state index contributed by atoms with van der Waals surface area (Å²) in [7, 11) is 1.66. The zero-order valence-electron chi connectivity index (χ0n) is 14.0. The minimum Gasteiger partial charge on any atom is -0.496 e. The van der Waals surface area contributed by atoms with E-state index in [1.165, 1.54) is 0 Å². The molecule has 0 fully saturated rings. The highest BCUT2D eigenvalue weighted by Gasteiger charge is 2.12. The fourth-order valence-electron chi connectivity index (χ4n) is 2.34. The maximum absolute atomic E-state index is 11.7. The molecule has 4 heteroatoms. The van der Waals surface area contributed by atoms with Crippen LogP contribution in [-0.2, 0) is 12.8 Å². The molecular formula is C19H22BrClO2. The molecule has 0 saturated carbocycles. The van der Waals surface area contributed by atoms with Crippen molar-refractivity contribution in [1.82, 2.24) is 0 Å². The Morgan fingerprint density at radius 1 is 1.17 bits per heavy atom. The van der Waals surface area contributed by atoms with E-state index < -0.39 is 0 Å². The molecule has 0 radical (unpaired) electrons. The molecule has 0 spiro atoms. The topological polar surface area (TPSA) is 26.3 Å². The number of ether oxygens (including phenoxy) is 1. The lowest BCUT2D eigenvalue weighted by molar-refractivity contribution is 0.101. The predicted molar refractivity (Wildman–Crippen MR) is 101 cm³/mol. The summed E-state index contributed by atoms with van der Waals surface area (Å²) in [4.78, 5) is 11.7. The maximum Gasteiger partial charge on any atom is 0.160 e. The Kier molecular flexibility index (Phi) is 8.35. The normalized spacial score (nSPS) is 9.83. The highest BCUT2D eigenvalue weighted by atomic mass is 79.9. The average molecular weight is 398 g/mol. The summed E-state index contributed by atoms with van der Waals surface area (Å²) < 4.78 is 6.38. The molecule has 0 aliphatic rings. The largest absolute Gasteiger partial charge is 0.496 e. The molecule has 0 N–H and O–H groups in total. The molecule has 2 rings (SSSR count). The van der Waals surface area contributed by atoms with Crippen LogP contribution in [0.25, 0.3) is 0 Å². The third kappa shape index (κ3) is 5.36. The van der Waals surface area contributed by atoms with Crippen molar-refractivity contribution in [1.29, 1.82) is 0 Å². The predicted octanol–water partition coefficient (Wildman–Crippen LogP) is 6.13. The van der Waals surface area contributed by atoms with Crippen LogP contribution in [0, 0.1) is 0 Å². The number of aryl methyl sites for hydroxylation is 1. The highest BCUT2D eigenvalue weighted by molar-refractivity contribution is 9.10. The summed E-state index contributed by atoms with van der Waals surface area (Å²) >= 11 is 9.72. The molecule has 0 aromatic heterocycles. The molecule has 124 valence electrons. The number of hydrogen-bond donors (Lipinski definition) is 0. The second kappa shape index (κ2) is 9.74. The van der Waals surface area contributed by atoms with Crippen LogP contribution in [0.4, 0.5) is 0 Å². The first-order valence-corrected chi connectivity index (χ1v) is 8.80. The Morgan fingerprint density at radius 2 is 1.87 bits per heavy atom. The first-order chi connectivity index (χ1) is 11.0. The standard InChI is InChI=1S/C17H16BrClO2.C2H6/c1-11(20)14-4-3-5-16(19)15(14)8-6-12-10-13(18)7-9-17(12)21-2;1-2/h3-5,7,9-10H,6,8H2,1-2H3;1-2H3. The van der Waals surface area contributed by atoms with Crippen LogP contribution in [0.15, 0.2) is 40.9 Å². The van der Waals surface area contributed by atoms with Gasteiger partial charge >= 0.3 is 0 Å². The first kappa shape index (κ1) is 19.7. The minimum absolute atomic E-state index is 0.0358. The number of halogens is 2. The summed E-state index contributed by atoms with van der Waals surface area (Å²) in [5, 5.41) is 0.636. The van der Waals surface area contributed by atoms with Crippen molar-refractivity contribution in [3.05, 3.63) is 62.6 Å². The van der Waals surface area contributed by atoms with E-state index in [0.717, 1.165) is 27.8 Å². The number of hydrogen-bond acceptors (Lipinski definition) is 2. The van der Waals surface area contributed by atoms with Gasteiger partial charge in [-0.05, 0) is 55.2 Å². The number of benzene rings is 2. The second-order valence-corrected chi connectivity index (χ2v) is 6.10. The molecule has 0 unspecified atom stereocenters. The molecule has 0 aliphatic carbocycles. The van der Waals surface area contributed by atoms with E-state index in [1.54, 1.807) is 14.0 Å². The molecule has 2 aromatic carbocycles. The molecule has 0 heterocycles. The van der Waals surface area contributed by atoms with Gasteiger partial charge in [0.05, 0.1) is 7.11 Å². The van der Waals surface area contributed by atoms with E-state index in [2.05, 4.69) is 15.9 Å². The summed E-state index contributed by atoms with van der Waals surface area (Å²) in [6, 6.07) is 11.4. The number of methoxy groups -OCH3 is 1. The van der Waals surface area contributed by atoms with Gasteiger partial charge in [-0.3, -0.25) is 4.79 Å². The number of carbonyl (C=O) groups excluding carboxylic acids is 1. The van der Waals surface area contributed by atoms with Crippen LogP contribution >= 0.6 is 27.5 Å². The van der Waals surface area contributed by atoms with Gasteiger partial charge in [0, 0.05) is 15.1 Å². The van der Waals surface area contributed by atoms with Crippen molar-refractivity contribution in [3.8, 4) is 5.75 Å². The van der Waals surface area contributed by atoms with E-state index >= 15 is 0 Å². The Bertz CT molecular complexity index is 668. The van der Waals surface area contributed by atoms with E-state index in [4.69, 9.17) is 16.3 Å². The Labute approximate surface area is 151 Å². The molecule has 0 bridgehead atoms. The third-order valence-corrected chi connectivity index (χ3v) is 4.23. The van der Waals surface area contributed by atoms with Gasteiger partial charge in [-0.1, -0.05) is 53.5 Å². The van der Waals surface area contributed by atoms with Crippen LogP contribution in [0.3, 0.4) is 0 Å². The van der Waals surface area contributed by atoms with Gasteiger partial charge < -0.3 is 4.74 Å². The fraction of sp³-hybridized carbons (Fsp3) is 0.316. The van der Waals surface area contributed by atoms with Gasteiger partial charge in [0.2, 0.25) is 0 Å². The SMILES string of the molecule is CC.COc1ccc(Br)cc1CCc1c(Cl)cccc1C(C)=O. The number of Topliss-reactive ketones (excluding diaryl/α,β-unsaturated/α-hetero) is 1. The monoisotopic (exact) mass is 396 g/mol. The molecule has 0 amide bonds. The quantitative estimate of drug-likeness (QED) is 0.568. The van der Waals surface area contributed by atoms with Crippen LogP contribution in [0.1, 0.15) is 42.3 Å². The minimum atomic E-state index is 0.0358. The Hall–Kier alpha value is -1.32. The van der Waals surface area contributed by atoms with Gasteiger partial charge in [-0.2, -0.15) is 0 Å². The van der Waals surface area contributed by atoms with Crippen LogP contribution in [0.5, 0.6) is 5.75 Å². The molecule has 2 nitrogen and oxygen atoms in total. The third-order valence-electron chi connectivity index (χ3n) is 3.38. The lowest BCUT2D eigenvalue weighted by Gasteiger charge is -2.12. The summed E-state index contributed by atoms with van der Waals surface area (Å²) in [6.07, 6.45) is 1.45. The molecule has 0 aliphatic heterocycles. The Morgan fingerprint density at radius 3 is 2.48 bits per heavy atom. The Balaban J connectivity index is 0.00000127. The van der Waals surface area contributed by atoms with Crippen LogP contribution in [-0.4, -0.2) is 12.9 Å². The van der Waals surface area contributed by atoms with Crippen molar-refractivity contribution < 1.29 is 9.53 Å². The van der Waals surface area contributed by atoms with Gasteiger partial charge in [-0.25, -0.2) is 0 Å². The summed E-state index contributed by atoms with van der Waals surface area (Å²) in [6.45, 7) is 5.56. The average Bonchev–Trinajstić information content (AvgIpc) is 2.55. The van der Waals surface area contributed by atoms with E-state index in [0.29, 0.717) is 17.0 Å². The van der Waals surface area contributed by atoms with Crippen molar-refractivity contribution in [2.24, 2.45) is 0 Å². The highest BCUT2D eigenvalue weighted by Crippen LogP contribution is 2.27. The molecule has 2 aromatic rings. The molecular weight excluding hydrogens is 376 g/mol. The van der Waals surface area contributed by atoms with E-state index in [-0.39, 0.29) is 5.78 Å². The lowest BCUT2D eigenvalue weighted by Crippen LogP contribution is -2.03.